The zero-order valence-electron chi connectivity index (χ0n) is 15.7. The van der Waals surface area contributed by atoms with Gasteiger partial charge in [0.2, 0.25) is 0 Å². The minimum Gasteiger partial charge on any atom is -0.491 e. The van der Waals surface area contributed by atoms with E-state index in [9.17, 15) is 18.7 Å². The molecule has 2 N–H and O–H groups in total. The van der Waals surface area contributed by atoms with Crippen molar-refractivity contribution in [3.63, 3.8) is 0 Å². The van der Waals surface area contributed by atoms with E-state index in [2.05, 4.69) is 15.3 Å². The molecule has 9 heteroatoms. The number of pyridine rings is 2. The maximum absolute atomic E-state index is 12.9. The number of ether oxygens (including phenoxy) is 1. The molecule has 1 aliphatic carbocycles. The quantitative estimate of drug-likeness (QED) is 0.658. The monoisotopic (exact) mass is 402 g/mol. The van der Waals surface area contributed by atoms with Crippen LogP contribution in [0.15, 0.2) is 36.7 Å². The molecular formula is C20H20F2N4O3. The van der Waals surface area contributed by atoms with Crippen LogP contribution in [0.5, 0.6) is 5.75 Å². The summed E-state index contributed by atoms with van der Waals surface area (Å²) >= 11 is 0. The summed E-state index contributed by atoms with van der Waals surface area (Å²) in [4.78, 5) is 20.9. The molecule has 1 aliphatic rings. The predicted octanol–water partition coefficient (Wildman–Crippen LogP) is 3.56. The first kappa shape index (κ1) is 19.3. The Balaban J connectivity index is 1.63. The molecule has 0 unspecified atom stereocenters. The lowest BCUT2D eigenvalue weighted by Crippen LogP contribution is -2.26. The fraction of sp³-hybridized carbons (Fsp3) is 0.350. The van der Waals surface area contributed by atoms with E-state index in [1.807, 2.05) is 13.1 Å². The molecule has 3 aromatic heterocycles. The van der Waals surface area contributed by atoms with Crippen molar-refractivity contribution in [3.05, 3.63) is 53.7 Å². The number of rotatable bonds is 6. The molecule has 1 fully saturated rings. The summed E-state index contributed by atoms with van der Waals surface area (Å²) in [7, 11) is 0. The molecule has 0 radical (unpaired) electrons. The number of hydrogen-bond acceptors (Lipinski definition) is 5. The van der Waals surface area contributed by atoms with E-state index in [4.69, 9.17) is 4.74 Å². The maximum Gasteiger partial charge on any atom is 0.280 e. The van der Waals surface area contributed by atoms with Gasteiger partial charge in [-0.25, -0.2) is 18.7 Å². The number of nitrogens with one attached hydrogen (secondary N) is 1. The highest BCUT2D eigenvalue weighted by Gasteiger charge is 2.30. The van der Waals surface area contributed by atoms with E-state index in [1.54, 1.807) is 16.7 Å². The van der Waals surface area contributed by atoms with Crippen LogP contribution in [0.25, 0.3) is 5.65 Å². The van der Waals surface area contributed by atoms with Crippen LogP contribution in [0.1, 0.15) is 54.0 Å². The topological polar surface area (TPSA) is 88.8 Å². The van der Waals surface area contributed by atoms with Crippen molar-refractivity contribution in [1.29, 1.82) is 0 Å². The molecule has 3 heterocycles. The molecule has 0 saturated heterocycles. The van der Waals surface area contributed by atoms with Crippen LogP contribution in [0.2, 0.25) is 0 Å². The van der Waals surface area contributed by atoms with E-state index < -0.39 is 18.0 Å². The zero-order chi connectivity index (χ0) is 20.5. The molecule has 1 amide bonds. The molecule has 0 aliphatic heterocycles. The van der Waals surface area contributed by atoms with Crippen LogP contribution < -0.4 is 10.1 Å². The van der Waals surface area contributed by atoms with Gasteiger partial charge >= 0.3 is 0 Å². The van der Waals surface area contributed by atoms with Crippen molar-refractivity contribution in [2.24, 2.45) is 0 Å². The molecule has 7 nitrogen and oxygen atoms in total. The van der Waals surface area contributed by atoms with E-state index in [-0.39, 0.29) is 17.7 Å². The van der Waals surface area contributed by atoms with Gasteiger partial charge in [-0.15, -0.1) is 0 Å². The second kappa shape index (κ2) is 7.75. The Morgan fingerprint density at radius 2 is 2.14 bits per heavy atom. The SMILES string of the molecule is CCOc1cc2nc([C@H]3C[C@H](O)C3)cn2cc1NC(=O)c1cccc(C(F)F)n1. The Labute approximate surface area is 165 Å². The lowest BCUT2D eigenvalue weighted by atomic mass is 9.80. The number of anilines is 1. The number of amides is 1. The van der Waals surface area contributed by atoms with Crippen molar-refractivity contribution in [2.75, 3.05) is 11.9 Å². The number of imidazole rings is 1. The second-order valence-electron chi connectivity index (χ2n) is 6.94. The van der Waals surface area contributed by atoms with Crippen molar-refractivity contribution in [2.45, 2.75) is 38.2 Å². The first-order valence-corrected chi connectivity index (χ1v) is 9.34. The summed E-state index contributed by atoms with van der Waals surface area (Å²) in [6.45, 7) is 2.19. The van der Waals surface area contributed by atoms with Gasteiger partial charge in [-0.2, -0.15) is 0 Å². The number of aliphatic hydroxyl groups excluding tert-OH is 1. The van der Waals surface area contributed by atoms with Gasteiger partial charge in [-0.1, -0.05) is 6.07 Å². The van der Waals surface area contributed by atoms with Crippen LogP contribution in [-0.2, 0) is 0 Å². The number of carbonyl (C=O) groups excluding carboxylic acids is 1. The Hall–Kier alpha value is -3.07. The number of nitrogens with zero attached hydrogens (tertiary/aromatic N) is 3. The fourth-order valence-corrected chi connectivity index (χ4v) is 3.32. The highest BCUT2D eigenvalue weighted by Crippen LogP contribution is 2.37. The predicted molar refractivity (Wildman–Crippen MR) is 101 cm³/mol. The Bertz CT molecular complexity index is 1050. The fourth-order valence-electron chi connectivity index (χ4n) is 3.32. The van der Waals surface area contributed by atoms with Crippen molar-refractivity contribution in [1.82, 2.24) is 14.4 Å². The first-order valence-electron chi connectivity index (χ1n) is 9.34. The van der Waals surface area contributed by atoms with E-state index in [0.29, 0.717) is 36.5 Å². The average molecular weight is 402 g/mol. The number of carbonyl (C=O) groups is 1. The largest absolute Gasteiger partial charge is 0.491 e. The normalized spacial score (nSPS) is 18.7. The van der Waals surface area contributed by atoms with Crippen LogP contribution in [0, 0.1) is 0 Å². The second-order valence-corrected chi connectivity index (χ2v) is 6.94. The average Bonchev–Trinajstić information content (AvgIpc) is 3.08. The number of halogens is 2. The molecular weight excluding hydrogens is 382 g/mol. The Morgan fingerprint density at radius 3 is 2.83 bits per heavy atom. The van der Waals surface area contributed by atoms with Gasteiger partial charge in [0.05, 0.1) is 18.4 Å². The summed E-state index contributed by atoms with van der Waals surface area (Å²) in [5.74, 6) is 0.0131. The summed E-state index contributed by atoms with van der Waals surface area (Å²) in [6.07, 6.45) is 1.84. The lowest BCUT2D eigenvalue weighted by Gasteiger charge is -2.29. The standard InChI is InChI=1S/C20H20F2N4O3/c1-2-29-17-8-18-24-15(11-6-12(27)7-11)9-26(18)10-16(17)25-20(28)14-5-3-4-13(23-14)19(21)22/h3-5,8-12,19,27H,2,6-7H2,1H3,(H,25,28)/t11-,12-. The smallest absolute Gasteiger partial charge is 0.280 e. The third kappa shape index (κ3) is 3.91. The Kier molecular flexibility index (Phi) is 5.14. The molecule has 29 heavy (non-hydrogen) atoms. The van der Waals surface area contributed by atoms with Crippen LogP contribution in [0.4, 0.5) is 14.5 Å². The molecule has 0 atom stereocenters. The van der Waals surface area contributed by atoms with Gasteiger partial charge in [0.1, 0.15) is 28.5 Å². The molecule has 0 spiro atoms. The van der Waals surface area contributed by atoms with Gasteiger partial charge in [-0.3, -0.25) is 4.79 Å². The third-order valence-corrected chi connectivity index (χ3v) is 4.88. The number of alkyl halides is 2. The summed E-state index contributed by atoms with van der Waals surface area (Å²) in [5.41, 5.74) is 1.33. The molecule has 4 rings (SSSR count). The van der Waals surface area contributed by atoms with Gasteiger partial charge < -0.3 is 19.6 Å². The van der Waals surface area contributed by atoms with Crippen LogP contribution in [0.3, 0.4) is 0 Å². The number of hydrogen-bond donors (Lipinski definition) is 2. The Morgan fingerprint density at radius 1 is 1.34 bits per heavy atom. The maximum atomic E-state index is 12.9. The van der Waals surface area contributed by atoms with Crippen molar-refractivity contribution < 1.29 is 23.4 Å². The molecule has 3 aromatic rings. The van der Waals surface area contributed by atoms with Gasteiger partial charge in [-0.05, 0) is 31.9 Å². The highest BCUT2D eigenvalue weighted by molar-refractivity contribution is 6.03. The molecule has 0 bridgehead atoms. The van der Waals surface area contributed by atoms with E-state index in [1.165, 1.54) is 18.2 Å². The number of aliphatic hydroxyl groups is 1. The van der Waals surface area contributed by atoms with Crippen molar-refractivity contribution >= 4 is 17.2 Å². The molecule has 0 aromatic carbocycles. The minimum absolute atomic E-state index is 0.111. The first-order chi connectivity index (χ1) is 13.9. The van der Waals surface area contributed by atoms with Crippen LogP contribution >= 0.6 is 0 Å². The third-order valence-electron chi connectivity index (χ3n) is 4.88. The summed E-state index contributed by atoms with van der Waals surface area (Å²) in [6, 6.07) is 5.62. The molecule has 1 saturated carbocycles. The lowest BCUT2D eigenvalue weighted by molar-refractivity contribution is 0.0734. The zero-order valence-corrected chi connectivity index (χ0v) is 15.7. The summed E-state index contributed by atoms with van der Waals surface area (Å²) in [5, 5.41) is 12.2. The van der Waals surface area contributed by atoms with Crippen molar-refractivity contribution in [3.8, 4) is 5.75 Å². The summed E-state index contributed by atoms with van der Waals surface area (Å²) < 4.78 is 33.1. The number of aromatic nitrogens is 3. The minimum atomic E-state index is -2.76. The van der Waals surface area contributed by atoms with E-state index in [0.717, 1.165) is 5.69 Å². The molecule has 152 valence electrons. The van der Waals surface area contributed by atoms with Gasteiger partial charge in [0, 0.05) is 24.4 Å². The van der Waals surface area contributed by atoms with E-state index >= 15 is 0 Å². The van der Waals surface area contributed by atoms with Gasteiger partial charge in [0.15, 0.2) is 0 Å². The number of fused-ring (bicyclic) bond motifs is 1. The van der Waals surface area contributed by atoms with Gasteiger partial charge in [0.25, 0.3) is 12.3 Å². The highest BCUT2D eigenvalue weighted by atomic mass is 19.3. The van der Waals surface area contributed by atoms with Crippen LogP contribution in [-0.4, -0.2) is 38.1 Å².